The number of benzene rings is 2. The molecule has 1 aromatic heterocycles. The highest BCUT2D eigenvalue weighted by Gasteiger charge is 2.26. The number of pyridine rings is 1. The lowest BCUT2D eigenvalue weighted by Crippen LogP contribution is -2.21. The van der Waals surface area contributed by atoms with Crippen LogP contribution in [0.3, 0.4) is 0 Å². The third-order valence-electron chi connectivity index (χ3n) is 3.28. The molecule has 22 heavy (non-hydrogen) atoms. The Morgan fingerprint density at radius 2 is 1.82 bits per heavy atom. The Bertz CT molecular complexity index is 951. The van der Waals surface area contributed by atoms with Crippen LogP contribution in [0.2, 0.25) is 5.02 Å². The SMILES string of the molecule is O=c1c([N+](=O)[O-])c(O)c2ccc(Cl)cc2n1-c1ccccc1. The largest absolute Gasteiger partial charge is 0.501 e. The van der Waals surface area contributed by atoms with Crippen molar-refractivity contribution in [2.24, 2.45) is 0 Å². The predicted molar refractivity (Wildman–Crippen MR) is 82.9 cm³/mol. The number of aromatic nitrogens is 1. The average Bonchev–Trinajstić information content (AvgIpc) is 2.47. The summed E-state index contributed by atoms with van der Waals surface area (Å²) in [5.74, 6) is -0.658. The third-order valence-corrected chi connectivity index (χ3v) is 3.52. The monoisotopic (exact) mass is 316 g/mol. The number of rotatable bonds is 2. The third kappa shape index (κ3) is 2.10. The highest BCUT2D eigenvalue weighted by atomic mass is 35.5. The maximum Gasteiger partial charge on any atom is 0.376 e. The zero-order valence-corrected chi connectivity index (χ0v) is 11.8. The number of hydrogen-bond acceptors (Lipinski definition) is 4. The van der Waals surface area contributed by atoms with E-state index in [1.54, 1.807) is 30.3 Å². The van der Waals surface area contributed by atoms with Crippen LogP contribution >= 0.6 is 11.6 Å². The van der Waals surface area contributed by atoms with Gasteiger partial charge in [-0.2, -0.15) is 0 Å². The van der Waals surface area contributed by atoms with Crippen molar-refractivity contribution in [3.63, 3.8) is 0 Å². The van der Waals surface area contributed by atoms with Crippen molar-refractivity contribution in [3.8, 4) is 11.4 Å². The van der Waals surface area contributed by atoms with Crippen LogP contribution in [-0.4, -0.2) is 14.6 Å². The van der Waals surface area contributed by atoms with Gasteiger partial charge < -0.3 is 5.11 Å². The highest BCUT2D eigenvalue weighted by molar-refractivity contribution is 6.31. The zero-order chi connectivity index (χ0) is 15.9. The molecule has 0 unspecified atom stereocenters. The van der Waals surface area contributed by atoms with E-state index in [1.165, 1.54) is 22.8 Å². The molecule has 0 saturated heterocycles. The molecule has 0 fully saturated rings. The Morgan fingerprint density at radius 1 is 1.14 bits per heavy atom. The van der Waals surface area contributed by atoms with Gasteiger partial charge in [0.1, 0.15) is 0 Å². The van der Waals surface area contributed by atoms with Crippen molar-refractivity contribution in [1.82, 2.24) is 4.57 Å². The molecule has 0 bridgehead atoms. The molecule has 0 atom stereocenters. The summed E-state index contributed by atoms with van der Waals surface area (Å²) in [6.45, 7) is 0. The van der Waals surface area contributed by atoms with Crippen LogP contribution in [0.5, 0.6) is 5.75 Å². The summed E-state index contributed by atoms with van der Waals surface area (Å²) in [4.78, 5) is 22.7. The maximum atomic E-state index is 12.5. The molecule has 1 N–H and O–H groups in total. The van der Waals surface area contributed by atoms with Gasteiger partial charge in [-0.25, -0.2) is 0 Å². The van der Waals surface area contributed by atoms with Crippen LogP contribution in [0.4, 0.5) is 5.69 Å². The second kappa shape index (κ2) is 5.16. The second-order valence-corrected chi connectivity index (χ2v) is 5.03. The minimum atomic E-state index is -0.913. The van der Waals surface area contributed by atoms with Crippen LogP contribution in [0, 0.1) is 10.1 Å². The molecule has 110 valence electrons. The molecular formula is C15H9ClN2O4. The molecule has 0 spiro atoms. The van der Waals surface area contributed by atoms with E-state index in [-0.39, 0.29) is 5.39 Å². The smallest absolute Gasteiger partial charge is 0.376 e. The zero-order valence-electron chi connectivity index (χ0n) is 11.1. The van der Waals surface area contributed by atoms with E-state index >= 15 is 0 Å². The topological polar surface area (TPSA) is 85.4 Å². The molecule has 0 aliphatic heterocycles. The first-order valence-electron chi connectivity index (χ1n) is 6.28. The molecule has 3 aromatic rings. The maximum absolute atomic E-state index is 12.5. The molecule has 0 aliphatic rings. The summed E-state index contributed by atoms with van der Waals surface area (Å²) in [5.41, 5.74) is -1.03. The van der Waals surface area contributed by atoms with E-state index in [2.05, 4.69) is 0 Å². The summed E-state index contributed by atoms with van der Waals surface area (Å²) in [6, 6.07) is 12.9. The molecule has 0 saturated carbocycles. The van der Waals surface area contributed by atoms with Gasteiger partial charge in [-0.15, -0.1) is 0 Å². The lowest BCUT2D eigenvalue weighted by Gasteiger charge is -2.12. The summed E-state index contributed by atoms with van der Waals surface area (Å²) < 4.78 is 1.17. The number of halogens is 1. The molecule has 7 heteroatoms. The number of nitro groups is 1. The van der Waals surface area contributed by atoms with E-state index in [1.807, 2.05) is 0 Å². The van der Waals surface area contributed by atoms with Crippen LogP contribution in [-0.2, 0) is 0 Å². The van der Waals surface area contributed by atoms with Crippen molar-refractivity contribution < 1.29 is 10.0 Å². The van der Waals surface area contributed by atoms with Gasteiger partial charge in [0.2, 0.25) is 5.75 Å². The minimum Gasteiger partial charge on any atom is -0.501 e. The number of para-hydroxylation sites is 1. The Hall–Kier alpha value is -2.86. The second-order valence-electron chi connectivity index (χ2n) is 4.59. The molecule has 0 amide bonds. The van der Waals surface area contributed by atoms with Crippen LogP contribution in [0.15, 0.2) is 53.3 Å². The van der Waals surface area contributed by atoms with Crippen molar-refractivity contribution in [3.05, 3.63) is 74.0 Å². The first-order chi connectivity index (χ1) is 10.5. The lowest BCUT2D eigenvalue weighted by molar-refractivity contribution is -0.387. The Balaban J connectivity index is 2.56. The van der Waals surface area contributed by atoms with Crippen molar-refractivity contribution >= 4 is 28.2 Å². The average molecular weight is 317 g/mol. The number of fused-ring (bicyclic) bond motifs is 1. The van der Waals surface area contributed by atoms with Gasteiger partial charge in [0, 0.05) is 16.1 Å². The first kappa shape index (κ1) is 14.1. The van der Waals surface area contributed by atoms with Crippen molar-refractivity contribution in [2.45, 2.75) is 0 Å². The summed E-state index contributed by atoms with van der Waals surface area (Å²) in [6.07, 6.45) is 0. The van der Waals surface area contributed by atoms with E-state index in [0.717, 1.165) is 0 Å². The molecule has 0 radical (unpaired) electrons. The fourth-order valence-corrected chi connectivity index (χ4v) is 2.50. The van der Waals surface area contributed by atoms with Crippen LogP contribution in [0.1, 0.15) is 0 Å². The summed E-state index contributed by atoms with van der Waals surface area (Å²) >= 11 is 5.95. The van der Waals surface area contributed by atoms with Crippen LogP contribution < -0.4 is 5.56 Å². The number of nitrogens with zero attached hydrogens (tertiary/aromatic N) is 2. The fourth-order valence-electron chi connectivity index (χ4n) is 2.33. The van der Waals surface area contributed by atoms with Crippen molar-refractivity contribution in [1.29, 1.82) is 0 Å². The lowest BCUT2D eigenvalue weighted by atomic mass is 10.1. The molecule has 0 aliphatic carbocycles. The van der Waals surface area contributed by atoms with Crippen molar-refractivity contribution in [2.75, 3.05) is 0 Å². The highest BCUT2D eigenvalue weighted by Crippen LogP contribution is 2.33. The standard InChI is InChI=1S/C15H9ClN2O4/c16-9-6-7-11-12(8-9)17(10-4-2-1-3-5-10)15(20)13(14(11)19)18(21)22/h1-8,19H. The van der Waals surface area contributed by atoms with Gasteiger partial charge in [0.15, 0.2) is 0 Å². The molecule has 3 rings (SSSR count). The summed E-state index contributed by atoms with van der Waals surface area (Å²) in [5, 5.41) is 21.7. The Kier molecular flexibility index (Phi) is 3.30. The Morgan fingerprint density at radius 3 is 2.45 bits per heavy atom. The fraction of sp³-hybridized carbons (Fsp3) is 0. The van der Waals surface area contributed by atoms with E-state index in [9.17, 15) is 20.0 Å². The number of aromatic hydroxyl groups is 1. The first-order valence-corrected chi connectivity index (χ1v) is 6.65. The van der Waals surface area contributed by atoms with Gasteiger partial charge >= 0.3 is 11.2 Å². The Labute approximate surface area is 129 Å². The van der Waals surface area contributed by atoms with Gasteiger partial charge in [-0.1, -0.05) is 29.8 Å². The normalized spacial score (nSPS) is 10.8. The molecule has 1 heterocycles. The molecule has 6 nitrogen and oxygen atoms in total. The van der Waals surface area contributed by atoms with Crippen LogP contribution in [0.25, 0.3) is 16.6 Å². The number of hydrogen-bond donors (Lipinski definition) is 1. The van der Waals surface area contributed by atoms with Gasteiger partial charge in [0.25, 0.3) is 0 Å². The minimum absolute atomic E-state index is 0.180. The molecule has 2 aromatic carbocycles. The van der Waals surface area contributed by atoms with E-state index < -0.39 is 21.9 Å². The van der Waals surface area contributed by atoms with Gasteiger partial charge in [0.05, 0.1) is 10.4 Å². The van der Waals surface area contributed by atoms with Gasteiger partial charge in [-0.05, 0) is 30.3 Å². The predicted octanol–water partition coefficient (Wildman–Crippen LogP) is 3.26. The van der Waals surface area contributed by atoms with Gasteiger partial charge in [-0.3, -0.25) is 19.5 Å². The molecular weight excluding hydrogens is 308 g/mol. The quantitative estimate of drug-likeness (QED) is 0.581. The van der Waals surface area contributed by atoms with E-state index in [0.29, 0.717) is 16.2 Å². The summed E-state index contributed by atoms with van der Waals surface area (Å²) in [7, 11) is 0. The van der Waals surface area contributed by atoms with E-state index in [4.69, 9.17) is 11.6 Å².